The highest BCUT2D eigenvalue weighted by atomic mass is 32.2. The van der Waals surface area contributed by atoms with Crippen molar-refractivity contribution in [1.82, 2.24) is 15.4 Å². The molecule has 2 rings (SSSR count). The Kier molecular flexibility index (Phi) is 18.3. The number of unbranched alkanes of at least 4 members (excludes halogenated alkanes) is 1. The zero-order chi connectivity index (χ0) is 45.2. The maximum atomic E-state index is 13.8. The summed E-state index contributed by atoms with van der Waals surface area (Å²) in [5.41, 5.74) is 3.90. The Labute approximate surface area is 354 Å². The van der Waals surface area contributed by atoms with Crippen LogP contribution in [-0.2, 0) is 35.8 Å². The molecule has 2 aromatic carbocycles. The Bertz CT molecular complexity index is 1830. The first-order valence-electron chi connectivity index (χ1n) is 20.9. The topological polar surface area (TPSA) is 178 Å². The second-order valence-electron chi connectivity index (χ2n) is 18.8. The van der Waals surface area contributed by atoms with Crippen molar-refractivity contribution in [3.05, 3.63) is 57.6 Å². The Balaban J connectivity index is 2.40. The summed E-state index contributed by atoms with van der Waals surface area (Å²) in [6, 6.07) is 6.49. The van der Waals surface area contributed by atoms with Crippen LogP contribution in [0.1, 0.15) is 193 Å². The molecule has 2 aromatic rings. The number of alkyl carbamates (subject to hydrolysis) is 2. The molecule has 4 amide bonds. The van der Waals surface area contributed by atoms with Crippen molar-refractivity contribution in [2.24, 2.45) is 0 Å². The molecule has 0 saturated carbocycles. The van der Waals surface area contributed by atoms with Gasteiger partial charge in [-0.2, -0.15) is 8.42 Å². The van der Waals surface area contributed by atoms with Crippen molar-refractivity contribution in [2.45, 2.75) is 183 Å². The summed E-state index contributed by atoms with van der Waals surface area (Å²) in [5, 5.41) is 8.27. The third-order valence-electron chi connectivity index (χ3n) is 9.27. The van der Waals surface area contributed by atoms with Crippen LogP contribution in [-0.4, -0.2) is 56.2 Å². The lowest BCUT2D eigenvalue weighted by Crippen LogP contribution is -2.45. The zero-order valence-electron chi connectivity index (χ0n) is 38.4. The Morgan fingerprint density at radius 2 is 1.12 bits per heavy atom. The molecule has 0 aliphatic rings. The minimum atomic E-state index is -4.64. The summed E-state index contributed by atoms with van der Waals surface area (Å²) in [5.74, 6) is -1.18. The van der Waals surface area contributed by atoms with Gasteiger partial charge in [-0.25, -0.2) is 14.3 Å². The van der Waals surface area contributed by atoms with E-state index in [1.54, 1.807) is 53.7 Å². The van der Waals surface area contributed by atoms with E-state index in [9.17, 15) is 27.6 Å². The van der Waals surface area contributed by atoms with Gasteiger partial charge in [-0.1, -0.05) is 81.4 Å². The standard InChI is InChI=1S/C45H72N4O9S/c1-26(2)31-21-33(27(3)4)37(34(22-31)28(5)6)25-39(50)49-59(54,55)58-40-35(29(7)8)23-32(24-36(40)30(9)10)47-41(51)38(48-43(53)57-45(14,15)16)19-17-18-20-46-42(52)56-44(11,12)13/h21-24,26-30,38H,17-20,25H2,1-16H3,(H,46,52)(H,47,51)(H,48,53)(H,49,50). The molecule has 0 heterocycles. The Morgan fingerprint density at radius 1 is 0.644 bits per heavy atom. The first kappa shape index (κ1) is 50.8. The molecule has 0 spiro atoms. The molecule has 0 radical (unpaired) electrons. The first-order chi connectivity index (χ1) is 27.0. The molecule has 0 aliphatic heterocycles. The number of hydrogen-bond acceptors (Lipinski definition) is 9. The lowest BCUT2D eigenvalue weighted by atomic mass is 9.83. The lowest BCUT2D eigenvalue weighted by Gasteiger charge is -2.25. The highest BCUT2D eigenvalue weighted by molar-refractivity contribution is 7.85. The van der Waals surface area contributed by atoms with Gasteiger partial charge < -0.3 is 29.6 Å². The number of rotatable bonds is 18. The average molecular weight is 845 g/mol. The van der Waals surface area contributed by atoms with Crippen molar-refractivity contribution in [1.29, 1.82) is 0 Å². The fraction of sp³-hybridized carbons (Fsp3) is 0.644. The number of hydrogen-bond donors (Lipinski definition) is 4. The summed E-state index contributed by atoms with van der Waals surface area (Å²) in [4.78, 5) is 52.2. The third-order valence-corrected chi connectivity index (χ3v) is 10.1. The number of ether oxygens (including phenoxy) is 2. The molecular weight excluding hydrogens is 773 g/mol. The molecule has 1 atom stereocenters. The summed E-state index contributed by atoms with van der Waals surface area (Å²) in [6.45, 7) is 30.7. The van der Waals surface area contributed by atoms with Gasteiger partial charge in [0.25, 0.3) is 0 Å². The van der Waals surface area contributed by atoms with Gasteiger partial charge in [-0.15, -0.1) is 0 Å². The number of anilines is 1. The predicted octanol–water partition coefficient (Wildman–Crippen LogP) is 9.81. The molecule has 0 bridgehead atoms. The summed E-state index contributed by atoms with van der Waals surface area (Å²) < 4.78 is 45.9. The zero-order valence-corrected chi connectivity index (χ0v) is 39.2. The van der Waals surface area contributed by atoms with Crippen LogP contribution >= 0.6 is 0 Å². The number of benzene rings is 2. The second kappa shape index (κ2) is 21.3. The van der Waals surface area contributed by atoms with Crippen LogP contribution in [0.3, 0.4) is 0 Å². The fourth-order valence-electron chi connectivity index (χ4n) is 6.40. The SMILES string of the molecule is CC(C)c1cc(C(C)C)c(CC(=O)NS(=O)(=O)Oc2c(C(C)C)cc(NC(=O)C(CCCCNC(=O)OC(C)(C)C)NC(=O)OC(C)(C)C)cc2C(C)C)c(C(C)C)c1. The number of carbonyl (C=O) groups is 4. The molecule has 59 heavy (non-hydrogen) atoms. The summed E-state index contributed by atoms with van der Waals surface area (Å²) in [7, 11) is -4.64. The van der Waals surface area contributed by atoms with E-state index in [4.69, 9.17) is 13.7 Å². The van der Waals surface area contributed by atoms with E-state index in [-0.39, 0.29) is 48.2 Å². The maximum Gasteiger partial charge on any atom is 0.409 e. The fourth-order valence-corrected chi connectivity index (χ4v) is 7.21. The van der Waals surface area contributed by atoms with Crippen LogP contribution in [0.2, 0.25) is 0 Å². The minimum Gasteiger partial charge on any atom is -0.444 e. The van der Waals surface area contributed by atoms with Crippen LogP contribution in [0.4, 0.5) is 15.3 Å². The smallest absolute Gasteiger partial charge is 0.409 e. The molecule has 1 unspecified atom stereocenters. The van der Waals surface area contributed by atoms with Crippen molar-refractivity contribution < 1.29 is 41.3 Å². The molecule has 0 saturated heterocycles. The normalized spacial score (nSPS) is 12.8. The predicted molar refractivity (Wildman–Crippen MR) is 235 cm³/mol. The molecule has 0 fully saturated rings. The monoisotopic (exact) mass is 845 g/mol. The number of carbonyl (C=O) groups excluding carboxylic acids is 4. The van der Waals surface area contributed by atoms with E-state index in [1.165, 1.54) is 5.56 Å². The quantitative estimate of drug-likeness (QED) is 0.106. The highest BCUT2D eigenvalue weighted by Gasteiger charge is 2.29. The van der Waals surface area contributed by atoms with Crippen LogP contribution in [0.25, 0.3) is 0 Å². The van der Waals surface area contributed by atoms with Gasteiger partial charge in [0.15, 0.2) is 5.75 Å². The molecule has 332 valence electrons. The Morgan fingerprint density at radius 3 is 1.56 bits per heavy atom. The van der Waals surface area contributed by atoms with E-state index in [1.807, 2.05) is 27.7 Å². The second-order valence-corrected chi connectivity index (χ2v) is 20.1. The summed E-state index contributed by atoms with van der Waals surface area (Å²) in [6.07, 6.45) is -0.244. The van der Waals surface area contributed by atoms with E-state index < -0.39 is 51.5 Å². The summed E-state index contributed by atoms with van der Waals surface area (Å²) >= 11 is 0. The van der Waals surface area contributed by atoms with Crippen LogP contribution < -0.4 is 24.9 Å². The van der Waals surface area contributed by atoms with E-state index in [0.717, 1.165) is 16.7 Å². The molecule has 13 nitrogen and oxygen atoms in total. The molecule has 14 heteroatoms. The van der Waals surface area contributed by atoms with Crippen molar-refractivity contribution in [3.8, 4) is 5.75 Å². The van der Waals surface area contributed by atoms with Crippen LogP contribution in [0.15, 0.2) is 24.3 Å². The largest absolute Gasteiger partial charge is 0.444 e. The van der Waals surface area contributed by atoms with Gasteiger partial charge >= 0.3 is 22.5 Å². The first-order valence-corrected chi connectivity index (χ1v) is 22.3. The van der Waals surface area contributed by atoms with Gasteiger partial charge in [0.05, 0.1) is 6.42 Å². The van der Waals surface area contributed by atoms with Crippen LogP contribution in [0, 0.1) is 0 Å². The molecular formula is C45H72N4O9S. The van der Waals surface area contributed by atoms with E-state index in [2.05, 4.69) is 74.3 Å². The lowest BCUT2D eigenvalue weighted by molar-refractivity contribution is -0.119. The molecule has 0 aromatic heterocycles. The third kappa shape index (κ3) is 17.1. The maximum absolute atomic E-state index is 13.8. The van der Waals surface area contributed by atoms with Crippen LogP contribution in [0.5, 0.6) is 5.75 Å². The molecule has 0 aliphatic carbocycles. The molecule has 4 N–H and O–H groups in total. The van der Waals surface area contributed by atoms with Crippen molar-refractivity contribution in [2.75, 3.05) is 11.9 Å². The van der Waals surface area contributed by atoms with Crippen molar-refractivity contribution >= 4 is 40.0 Å². The average Bonchev–Trinajstić information content (AvgIpc) is 3.05. The van der Waals surface area contributed by atoms with E-state index >= 15 is 0 Å². The number of amides is 4. The number of nitrogens with one attached hydrogen (secondary N) is 4. The van der Waals surface area contributed by atoms with Crippen molar-refractivity contribution in [3.63, 3.8) is 0 Å². The van der Waals surface area contributed by atoms with Gasteiger partial charge in [0, 0.05) is 23.4 Å². The van der Waals surface area contributed by atoms with Gasteiger partial charge in [0.1, 0.15) is 17.2 Å². The van der Waals surface area contributed by atoms with E-state index in [0.29, 0.717) is 36.2 Å². The minimum absolute atomic E-state index is 0.0706. The highest BCUT2D eigenvalue weighted by Crippen LogP contribution is 2.39. The van der Waals surface area contributed by atoms with Gasteiger partial charge in [0.2, 0.25) is 11.8 Å². The van der Waals surface area contributed by atoms with Gasteiger partial charge in [-0.05, 0) is 125 Å². The van der Waals surface area contributed by atoms with Gasteiger partial charge in [-0.3, -0.25) is 9.59 Å². The Hall–Kier alpha value is -4.33.